The van der Waals surface area contributed by atoms with Gasteiger partial charge in [-0.15, -0.1) is 0 Å². The van der Waals surface area contributed by atoms with E-state index in [9.17, 15) is 4.79 Å². The van der Waals surface area contributed by atoms with Crippen LogP contribution in [0.5, 0.6) is 0 Å². The smallest absolute Gasteiger partial charge is 0.266 e. The van der Waals surface area contributed by atoms with Crippen LogP contribution in [-0.4, -0.2) is 34.3 Å². The van der Waals surface area contributed by atoms with Gasteiger partial charge in [-0.25, -0.2) is 4.68 Å². The molecule has 1 aliphatic heterocycles. The van der Waals surface area contributed by atoms with E-state index in [0.29, 0.717) is 5.92 Å². The van der Waals surface area contributed by atoms with E-state index in [1.807, 2.05) is 0 Å². The minimum atomic E-state index is 0.0201. The van der Waals surface area contributed by atoms with Gasteiger partial charge in [0.05, 0.1) is 6.54 Å². The summed E-state index contributed by atoms with van der Waals surface area (Å²) in [5.41, 5.74) is 0.0201. The number of hydrogen-bond donors (Lipinski definition) is 0. The van der Waals surface area contributed by atoms with Gasteiger partial charge in [-0.05, 0) is 24.8 Å². The highest BCUT2D eigenvalue weighted by atomic mass is 16.1. The van der Waals surface area contributed by atoms with Gasteiger partial charge in [0.1, 0.15) is 0 Å². The normalized spacial score (nSPS) is 22.2. The highest BCUT2D eigenvalue weighted by Gasteiger charge is 2.29. The molecule has 4 heteroatoms. The van der Waals surface area contributed by atoms with Crippen LogP contribution in [0.4, 0.5) is 0 Å². The molecule has 1 saturated heterocycles. The van der Waals surface area contributed by atoms with E-state index < -0.39 is 0 Å². The summed E-state index contributed by atoms with van der Waals surface area (Å²) in [4.78, 5) is 14.1. The summed E-state index contributed by atoms with van der Waals surface area (Å²) in [5, 5.41) is 4.11. The molecule has 2 heterocycles. The number of likely N-dealkylation sites (tertiary alicyclic amines) is 1. The third-order valence-electron chi connectivity index (χ3n) is 4.24. The molecule has 4 nitrogen and oxygen atoms in total. The number of aromatic nitrogens is 2. The van der Waals surface area contributed by atoms with Crippen molar-refractivity contribution >= 4 is 0 Å². The topological polar surface area (TPSA) is 38.1 Å². The highest BCUT2D eigenvalue weighted by molar-refractivity contribution is 4.87. The third kappa shape index (κ3) is 2.64. The first-order valence-corrected chi connectivity index (χ1v) is 7.06. The zero-order chi connectivity index (χ0) is 12.4. The number of nitrogens with zero attached hydrogens (tertiary/aromatic N) is 3. The molecule has 1 aromatic rings. The molecule has 0 atom stereocenters. The molecule has 0 spiro atoms. The van der Waals surface area contributed by atoms with Crippen LogP contribution in [0.25, 0.3) is 0 Å². The summed E-state index contributed by atoms with van der Waals surface area (Å²) in [5.74, 6) is 1.54. The van der Waals surface area contributed by atoms with Crippen molar-refractivity contribution < 1.29 is 0 Å². The third-order valence-corrected chi connectivity index (χ3v) is 4.24. The second-order valence-electron chi connectivity index (χ2n) is 5.78. The molecule has 1 aliphatic carbocycles. The van der Waals surface area contributed by atoms with E-state index >= 15 is 0 Å². The van der Waals surface area contributed by atoms with Crippen molar-refractivity contribution in [2.45, 2.75) is 32.2 Å². The van der Waals surface area contributed by atoms with E-state index in [2.05, 4.69) is 10.00 Å². The Bertz CT molecular complexity index is 444. The van der Waals surface area contributed by atoms with Crippen molar-refractivity contribution in [3.63, 3.8) is 0 Å². The monoisotopic (exact) mass is 247 g/mol. The Morgan fingerprint density at radius 2 is 1.94 bits per heavy atom. The van der Waals surface area contributed by atoms with Crippen LogP contribution in [0.1, 0.15) is 25.7 Å². The van der Waals surface area contributed by atoms with Crippen LogP contribution in [-0.2, 0) is 6.54 Å². The molecule has 0 aromatic carbocycles. The largest absolute Gasteiger partial charge is 0.302 e. The van der Waals surface area contributed by atoms with Gasteiger partial charge in [0.25, 0.3) is 5.56 Å². The maximum atomic E-state index is 11.5. The van der Waals surface area contributed by atoms with Gasteiger partial charge in [0.2, 0.25) is 0 Å². The van der Waals surface area contributed by atoms with Gasteiger partial charge < -0.3 is 4.90 Å². The Hall–Kier alpha value is -1.16. The SMILES string of the molecule is O=c1cccnn1CC1CN(CC2CCCC2)C1. The van der Waals surface area contributed by atoms with Crippen molar-refractivity contribution in [1.29, 1.82) is 0 Å². The minimum absolute atomic E-state index is 0.0201. The predicted molar refractivity (Wildman–Crippen MR) is 70.4 cm³/mol. The molecule has 1 saturated carbocycles. The fourth-order valence-corrected chi connectivity index (χ4v) is 3.27. The first kappa shape index (κ1) is 11.9. The molecular formula is C14H21N3O. The Kier molecular flexibility index (Phi) is 3.46. The zero-order valence-electron chi connectivity index (χ0n) is 10.8. The van der Waals surface area contributed by atoms with Crippen molar-refractivity contribution in [3.05, 3.63) is 28.7 Å². The molecule has 18 heavy (non-hydrogen) atoms. The lowest BCUT2D eigenvalue weighted by Gasteiger charge is -2.40. The maximum Gasteiger partial charge on any atom is 0.266 e. The van der Waals surface area contributed by atoms with Gasteiger partial charge >= 0.3 is 0 Å². The van der Waals surface area contributed by atoms with Gasteiger partial charge in [-0.1, -0.05) is 12.8 Å². The van der Waals surface area contributed by atoms with Crippen molar-refractivity contribution in [3.8, 4) is 0 Å². The fourth-order valence-electron chi connectivity index (χ4n) is 3.27. The predicted octanol–water partition coefficient (Wildman–Crippen LogP) is 1.37. The quantitative estimate of drug-likeness (QED) is 0.806. The van der Waals surface area contributed by atoms with Crippen LogP contribution >= 0.6 is 0 Å². The summed E-state index contributed by atoms with van der Waals surface area (Å²) in [6.45, 7) is 4.33. The second-order valence-corrected chi connectivity index (χ2v) is 5.78. The average Bonchev–Trinajstić information content (AvgIpc) is 2.81. The van der Waals surface area contributed by atoms with E-state index in [1.165, 1.54) is 32.2 Å². The van der Waals surface area contributed by atoms with Crippen molar-refractivity contribution in [2.24, 2.45) is 11.8 Å². The molecule has 0 radical (unpaired) electrons. The molecule has 1 aromatic heterocycles. The first-order valence-electron chi connectivity index (χ1n) is 7.06. The number of hydrogen-bond acceptors (Lipinski definition) is 3. The molecule has 98 valence electrons. The average molecular weight is 247 g/mol. The summed E-state index contributed by atoms with van der Waals surface area (Å²) in [6.07, 6.45) is 7.37. The van der Waals surface area contributed by atoms with Crippen LogP contribution < -0.4 is 5.56 Å². The summed E-state index contributed by atoms with van der Waals surface area (Å²) in [6, 6.07) is 3.29. The molecule has 0 amide bonds. The van der Waals surface area contributed by atoms with E-state index in [4.69, 9.17) is 0 Å². The molecular weight excluding hydrogens is 226 g/mol. The lowest BCUT2D eigenvalue weighted by Crippen LogP contribution is -2.50. The zero-order valence-corrected chi connectivity index (χ0v) is 10.8. The molecule has 3 rings (SSSR count). The summed E-state index contributed by atoms with van der Waals surface area (Å²) in [7, 11) is 0. The van der Waals surface area contributed by atoms with Crippen LogP contribution in [0, 0.1) is 11.8 Å². The summed E-state index contributed by atoms with van der Waals surface area (Å²) < 4.78 is 1.59. The van der Waals surface area contributed by atoms with Crippen molar-refractivity contribution in [2.75, 3.05) is 19.6 Å². The lowest BCUT2D eigenvalue weighted by atomic mass is 9.97. The standard InChI is InChI=1S/C14H21N3O/c18-14-6-3-7-15-17(14)11-13-9-16(10-13)8-12-4-1-2-5-12/h3,6-7,12-13H,1-2,4-5,8-11H2. The molecule has 0 unspecified atom stereocenters. The van der Waals surface area contributed by atoms with Crippen LogP contribution in [0.2, 0.25) is 0 Å². The van der Waals surface area contributed by atoms with E-state index in [1.54, 1.807) is 23.0 Å². The summed E-state index contributed by atoms with van der Waals surface area (Å²) >= 11 is 0. The van der Waals surface area contributed by atoms with Gasteiger partial charge in [0, 0.05) is 37.8 Å². The Morgan fingerprint density at radius 3 is 2.67 bits per heavy atom. The number of rotatable bonds is 4. The highest BCUT2D eigenvalue weighted by Crippen LogP contribution is 2.28. The molecule has 2 fully saturated rings. The van der Waals surface area contributed by atoms with E-state index in [-0.39, 0.29) is 5.56 Å². The van der Waals surface area contributed by atoms with Crippen LogP contribution in [0.3, 0.4) is 0 Å². The molecule has 2 aliphatic rings. The fraction of sp³-hybridized carbons (Fsp3) is 0.714. The maximum absolute atomic E-state index is 11.5. The van der Waals surface area contributed by atoms with Crippen molar-refractivity contribution in [1.82, 2.24) is 14.7 Å². The Balaban J connectivity index is 1.45. The minimum Gasteiger partial charge on any atom is -0.302 e. The van der Waals surface area contributed by atoms with E-state index in [0.717, 1.165) is 25.6 Å². The second kappa shape index (κ2) is 5.22. The van der Waals surface area contributed by atoms with Gasteiger partial charge in [-0.2, -0.15) is 5.10 Å². The van der Waals surface area contributed by atoms with Crippen LogP contribution in [0.15, 0.2) is 23.1 Å². The first-order chi connectivity index (χ1) is 8.81. The Morgan fingerprint density at radius 1 is 1.17 bits per heavy atom. The lowest BCUT2D eigenvalue weighted by molar-refractivity contribution is 0.0682. The van der Waals surface area contributed by atoms with Gasteiger partial charge in [-0.3, -0.25) is 4.79 Å². The molecule has 0 bridgehead atoms. The molecule has 0 N–H and O–H groups in total. The van der Waals surface area contributed by atoms with Gasteiger partial charge in [0.15, 0.2) is 0 Å². The Labute approximate surface area is 108 Å².